The molecule has 1 aliphatic heterocycles. The molecule has 0 radical (unpaired) electrons. The number of aliphatic hydroxyl groups is 1. The summed E-state index contributed by atoms with van der Waals surface area (Å²) in [4.78, 5) is 2.56. The summed E-state index contributed by atoms with van der Waals surface area (Å²) >= 11 is 0. The molecular formula is C11H24N2O. The van der Waals surface area contributed by atoms with Crippen molar-refractivity contribution >= 4 is 0 Å². The van der Waals surface area contributed by atoms with Crippen LogP contribution in [0, 0.1) is 0 Å². The van der Waals surface area contributed by atoms with Crippen molar-refractivity contribution in [3.05, 3.63) is 0 Å². The number of rotatable bonds is 5. The predicted octanol–water partition coefficient (Wildman–Crippen LogP) is 0.833. The summed E-state index contributed by atoms with van der Waals surface area (Å²) in [5.41, 5.74) is 0.303. The van der Waals surface area contributed by atoms with E-state index in [4.69, 9.17) is 5.11 Å². The van der Waals surface area contributed by atoms with Gasteiger partial charge in [0, 0.05) is 31.8 Å². The van der Waals surface area contributed by atoms with Crippen LogP contribution in [0.4, 0.5) is 0 Å². The van der Waals surface area contributed by atoms with E-state index in [1.807, 2.05) is 0 Å². The van der Waals surface area contributed by atoms with Crippen molar-refractivity contribution in [1.29, 1.82) is 0 Å². The molecule has 1 fully saturated rings. The van der Waals surface area contributed by atoms with Gasteiger partial charge in [0.25, 0.3) is 0 Å². The van der Waals surface area contributed by atoms with Crippen LogP contribution in [0.1, 0.15) is 33.1 Å². The Morgan fingerprint density at radius 1 is 1.29 bits per heavy atom. The van der Waals surface area contributed by atoms with Crippen LogP contribution in [-0.2, 0) is 0 Å². The zero-order valence-electron chi connectivity index (χ0n) is 9.55. The molecule has 0 aliphatic carbocycles. The molecular weight excluding hydrogens is 176 g/mol. The quantitative estimate of drug-likeness (QED) is 0.645. The van der Waals surface area contributed by atoms with Crippen LogP contribution in [0.25, 0.3) is 0 Å². The van der Waals surface area contributed by atoms with Crippen molar-refractivity contribution < 1.29 is 5.11 Å². The molecule has 1 heterocycles. The third-order valence-electron chi connectivity index (χ3n) is 3.06. The second kappa shape index (κ2) is 5.69. The highest BCUT2D eigenvalue weighted by Gasteiger charge is 2.28. The largest absolute Gasteiger partial charge is 0.396 e. The molecule has 3 heteroatoms. The maximum Gasteiger partial charge on any atom is 0.0431 e. The van der Waals surface area contributed by atoms with Crippen LogP contribution in [0.5, 0.6) is 0 Å². The Morgan fingerprint density at radius 3 is 2.71 bits per heavy atom. The number of nitrogens with zero attached hydrogens (tertiary/aromatic N) is 1. The molecule has 1 aliphatic rings. The summed E-state index contributed by atoms with van der Waals surface area (Å²) in [6, 6.07) is 0. The van der Waals surface area contributed by atoms with E-state index in [-0.39, 0.29) is 0 Å². The third kappa shape index (κ3) is 3.56. The van der Waals surface area contributed by atoms with Crippen LogP contribution in [0.3, 0.4) is 0 Å². The zero-order valence-corrected chi connectivity index (χ0v) is 9.55. The first-order chi connectivity index (χ1) is 6.67. The molecule has 1 rings (SSSR count). The Labute approximate surface area is 87.5 Å². The normalized spacial score (nSPS) is 22.5. The smallest absolute Gasteiger partial charge is 0.0431 e. The van der Waals surface area contributed by atoms with E-state index in [1.165, 1.54) is 13.0 Å². The third-order valence-corrected chi connectivity index (χ3v) is 3.06. The van der Waals surface area contributed by atoms with Crippen molar-refractivity contribution in [3.63, 3.8) is 0 Å². The lowest BCUT2D eigenvalue weighted by atomic mass is 9.99. The lowest BCUT2D eigenvalue weighted by Gasteiger charge is -2.42. The number of nitrogens with one attached hydrogen (secondary N) is 1. The lowest BCUT2D eigenvalue weighted by Crippen LogP contribution is -2.57. The average molecular weight is 200 g/mol. The van der Waals surface area contributed by atoms with Gasteiger partial charge in [-0.2, -0.15) is 0 Å². The molecule has 84 valence electrons. The summed E-state index contributed by atoms with van der Waals surface area (Å²) in [5, 5.41) is 12.1. The van der Waals surface area contributed by atoms with E-state index < -0.39 is 0 Å². The maximum atomic E-state index is 8.68. The molecule has 0 unspecified atom stereocenters. The molecule has 0 aromatic heterocycles. The van der Waals surface area contributed by atoms with Crippen LogP contribution < -0.4 is 5.32 Å². The Morgan fingerprint density at radius 2 is 2.07 bits per heavy atom. The van der Waals surface area contributed by atoms with Crippen molar-refractivity contribution in [2.75, 3.05) is 32.8 Å². The molecule has 3 nitrogen and oxygen atoms in total. The van der Waals surface area contributed by atoms with Crippen molar-refractivity contribution in [3.8, 4) is 0 Å². The zero-order chi connectivity index (χ0) is 10.4. The Balaban J connectivity index is 2.20. The van der Waals surface area contributed by atoms with E-state index >= 15 is 0 Å². The summed E-state index contributed by atoms with van der Waals surface area (Å²) in [6.45, 7) is 9.47. The van der Waals surface area contributed by atoms with Gasteiger partial charge in [-0.15, -0.1) is 0 Å². The summed E-state index contributed by atoms with van der Waals surface area (Å²) < 4.78 is 0. The second-order valence-corrected chi connectivity index (χ2v) is 4.76. The highest BCUT2D eigenvalue weighted by atomic mass is 16.2. The van der Waals surface area contributed by atoms with E-state index in [9.17, 15) is 0 Å². The molecule has 0 saturated carbocycles. The average Bonchev–Trinajstić information content (AvgIpc) is 2.14. The van der Waals surface area contributed by atoms with E-state index in [0.29, 0.717) is 12.1 Å². The summed E-state index contributed by atoms with van der Waals surface area (Å²) in [6.07, 6.45) is 3.31. The number of unbranched alkanes of at least 4 members (excludes halogenated alkanes) is 2. The Hall–Kier alpha value is -0.120. The number of hydrogen-bond acceptors (Lipinski definition) is 3. The molecule has 0 spiro atoms. The van der Waals surface area contributed by atoms with E-state index in [1.54, 1.807) is 0 Å². The lowest BCUT2D eigenvalue weighted by molar-refractivity contribution is 0.0881. The fourth-order valence-corrected chi connectivity index (χ4v) is 2.03. The van der Waals surface area contributed by atoms with Gasteiger partial charge in [-0.3, -0.25) is 4.90 Å². The first kappa shape index (κ1) is 12.0. The van der Waals surface area contributed by atoms with Gasteiger partial charge in [0.1, 0.15) is 0 Å². The fraction of sp³-hybridized carbons (Fsp3) is 1.00. The molecule has 0 aromatic rings. The number of piperazine rings is 1. The highest BCUT2D eigenvalue weighted by Crippen LogP contribution is 2.16. The van der Waals surface area contributed by atoms with Crippen LogP contribution in [0.15, 0.2) is 0 Å². The van der Waals surface area contributed by atoms with E-state index in [0.717, 1.165) is 32.5 Å². The summed E-state index contributed by atoms with van der Waals surface area (Å²) in [5.74, 6) is 0. The molecule has 2 N–H and O–H groups in total. The molecule has 1 saturated heterocycles. The van der Waals surface area contributed by atoms with Gasteiger partial charge in [0.05, 0.1) is 0 Å². The number of hydrogen-bond donors (Lipinski definition) is 2. The monoisotopic (exact) mass is 200 g/mol. The van der Waals surface area contributed by atoms with Crippen molar-refractivity contribution in [1.82, 2.24) is 10.2 Å². The summed E-state index contributed by atoms with van der Waals surface area (Å²) in [7, 11) is 0. The topological polar surface area (TPSA) is 35.5 Å². The van der Waals surface area contributed by atoms with Gasteiger partial charge in [0.2, 0.25) is 0 Å². The first-order valence-electron chi connectivity index (χ1n) is 5.73. The van der Waals surface area contributed by atoms with Gasteiger partial charge >= 0.3 is 0 Å². The van der Waals surface area contributed by atoms with Crippen LogP contribution >= 0.6 is 0 Å². The standard InChI is InChI=1S/C11H24N2O/c1-11(2)10-12-6-8-13(11)7-4-3-5-9-14/h12,14H,3-10H2,1-2H3. The maximum absolute atomic E-state index is 8.68. The van der Waals surface area contributed by atoms with Crippen LogP contribution in [0.2, 0.25) is 0 Å². The second-order valence-electron chi connectivity index (χ2n) is 4.76. The first-order valence-corrected chi connectivity index (χ1v) is 5.73. The van der Waals surface area contributed by atoms with Crippen molar-refractivity contribution in [2.24, 2.45) is 0 Å². The molecule has 14 heavy (non-hydrogen) atoms. The molecule has 0 atom stereocenters. The van der Waals surface area contributed by atoms with Gasteiger partial charge in [-0.25, -0.2) is 0 Å². The molecule has 0 bridgehead atoms. The van der Waals surface area contributed by atoms with Gasteiger partial charge in [-0.1, -0.05) is 0 Å². The Kier molecular flexibility index (Phi) is 4.85. The van der Waals surface area contributed by atoms with Gasteiger partial charge in [-0.05, 0) is 39.7 Å². The van der Waals surface area contributed by atoms with Gasteiger partial charge in [0.15, 0.2) is 0 Å². The Bertz CT molecular complexity index is 159. The predicted molar refractivity (Wildman–Crippen MR) is 59.5 cm³/mol. The fourth-order valence-electron chi connectivity index (χ4n) is 2.03. The van der Waals surface area contributed by atoms with E-state index in [2.05, 4.69) is 24.1 Å². The molecule has 0 amide bonds. The van der Waals surface area contributed by atoms with Crippen molar-refractivity contribution in [2.45, 2.75) is 38.6 Å². The minimum atomic E-state index is 0.303. The molecule has 0 aromatic carbocycles. The highest BCUT2D eigenvalue weighted by molar-refractivity contribution is 4.87. The SMILES string of the molecule is CC1(C)CNCCN1CCCCCO. The minimum Gasteiger partial charge on any atom is -0.396 e. The number of aliphatic hydroxyl groups excluding tert-OH is 1. The minimum absolute atomic E-state index is 0.303. The van der Waals surface area contributed by atoms with Gasteiger partial charge < -0.3 is 10.4 Å². The van der Waals surface area contributed by atoms with Crippen LogP contribution in [-0.4, -0.2) is 48.3 Å².